The number of benzene rings is 1. The first-order chi connectivity index (χ1) is 8.47. The molecule has 0 aliphatic heterocycles. The van der Waals surface area contributed by atoms with Crippen LogP contribution >= 0.6 is 0 Å². The molecule has 18 heavy (non-hydrogen) atoms. The average molecular weight is 244 g/mol. The Morgan fingerprint density at radius 3 is 2.67 bits per heavy atom. The maximum Gasteiger partial charge on any atom is 0.273 e. The van der Waals surface area contributed by atoms with E-state index in [0.717, 1.165) is 11.3 Å². The van der Waals surface area contributed by atoms with Crippen molar-refractivity contribution < 1.29 is 4.79 Å². The van der Waals surface area contributed by atoms with Gasteiger partial charge in [-0.3, -0.25) is 9.48 Å². The number of nitrogen functional groups attached to an aromatic ring is 1. The van der Waals surface area contributed by atoms with Crippen LogP contribution in [0.1, 0.15) is 21.7 Å². The van der Waals surface area contributed by atoms with Crippen molar-refractivity contribution >= 4 is 17.3 Å². The van der Waals surface area contributed by atoms with E-state index in [1.807, 2.05) is 26.0 Å². The van der Waals surface area contributed by atoms with Crippen molar-refractivity contribution in [2.45, 2.75) is 13.8 Å². The van der Waals surface area contributed by atoms with Crippen molar-refractivity contribution in [3.8, 4) is 0 Å². The number of hydrogen-bond donors (Lipinski definition) is 2. The van der Waals surface area contributed by atoms with E-state index in [-0.39, 0.29) is 5.91 Å². The van der Waals surface area contributed by atoms with Crippen LogP contribution in [0.15, 0.2) is 24.3 Å². The molecule has 2 aromatic rings. The van der Waals surface area contributed by atoms with Gasteiger partial charge in [0.25, 0.3) is 5.91 Å². The summed E-state index contributed by atoms with van der Waals surface area (Å²) < 4.78 is 1.55. The molecule has 0 unspecified atom stereocenters. The van der Waals surface area contributed by atoms with Crippen LogP contribution in [-0.4, -0.2) is 15.7 Å². The lowest BCUT2D eigenvalue weighted by molar-refractivity contribution is 0.101. The van der Waals surface area contributed by atoms with Gasteiger partial charge < -0.3 is 11.1 Å². The van der Waals surface area contributed by atoms with Gasteiger partial charge in [-0.1, -0.05) is 6.07 Å². The van der Waals surface area contributed by atoms with E-state index in [1.54, 1.807) is 23.9 Å². The SMILES string of the molecule is Cc1ccc(N)c(NC(=O)c2cc(C)nn2C)c1. The fourth-order valence-electron chi connectivity index (χ4n) is 1.79. The van der Waals surface area contributed by atoms with E-state index in [1.165, 1.54) is 0 Å². The summed E-state index contributed by atoms with van der Waals surface area (Å²) in [7, 11) is 1.74. The molecule has 3 N–H and O–H groups in total. The van der Waals surface area contributed by atoms with Crippen molar-refractivity contribution in [3.63, 3.8) is 0 Å². The second-order valence-corrected chi connectivity index (χ2v) is 4.34. The molecular weight excluding hydrogens is 228 g/mol. The van der Waals surface area contributed by atoms with E-state index in [0.29, 0.717) is 17.1 Å². The third-order valence-corrected chi connectivity index (χ3v) is 2.69. The Hall–Kier alpha value is -2.30. The first-order valence-electron chi connectivity index (χ1n) is 5.65. The van der Waals surface area contributed by atoms with Gasteiger partial charge in [-0.05, 0) is 37.6 Å². The summed E-state index contributed by atoms with van der Waals surface area (Å²) in [6.07, 6.45) is 0. The van der Waals surface area contributed by atoms with Gasteiger partial charge in [-0.2, -0.15) is 5.10 Å². The third kappa shape index (κ3) is 2.34. The van der Waals surface area contributed by atoms with Gasteiger partial charge in [0.05, 0.1) is 17.1 Å². The minimum absolute atomic E-state index is 0.213. The van der Waals surface area contributed by atoms with E-state index < -0.39 is 0 Å². The zero-order chi connectivity index (χ0) is 13.3. The molecule has 5 nitrogen and oxygen atoms in total. The number of carbonyl (C=O) groups is 1. The summed E-state index contributed by atoms with van der Waals surface area (Å²) in [4.78, 5) is 12.1. The molecule has 94 valence electrons. The highest BCUT2D eigenvalue weighted by atomic mass is 16.2. The number of anilines is 2. The second-order valence-electron chi connectivity index (χ2n) is 4.34. The van der Waals surface area contributed by atoms with Gasteiger partial charge in [0.1, 0.15) is 5.69 Å². The van der Waals surface area contributed by atoms with Crippen molar-refractivity contribution in [2.75, 3.05) is 11.1 Å². The molecular formula is C13H16N4O. The predicted octanol–water partition coefficient (Wildman–Crippen LogP) is 1.87. The summed E-state index contributed by atoms with van der Waals surface area (Å²) in [5.74, 6) is -0.213. The van der Waals surface area contributed by atoms with Crippen LogP contribution in [0.3, 0.4) is 0 Å². The number of nitrogens with two attached hydrogens (primary N) is 1. The van der Waals surface area contributed by atoms with Crippen molar-refractivity contribution in [1.29, 1.82) is 0 Å². The Kier molecular flexibility index (Phi) is 3.06. The molecule has 0 saturated carbocycles. The Labute approximate surface area is 106 Å². The van der Waals surface area contributed by atoms with Crippen LogP contribution in [0, 0.1) is 13.8 Å². The van der Waals surface area contributed by atoms with Crippen molar-refractivity contribution in [2.24, 2.45) is 7.05 Å². The molecule has 0 fully saturated rings. The molecule has 0 aliphatic rings. The fourth-order valence-corrected chi connectivity index (χ4v) is 1.79. The zero-order valence-electron chi connectivity index (χ0n) is 10.7. The summed E-state index contributed by atoms with van der Waals surface area (Å²) in [6, 6.07) is 7.26. The Morgan fingerprint density at radius 2 is 2.06 bits per heavy atom. The lowest BCUT2D eigenvalue weighted by Crippen LogP contribution is -2.17. The molecule has 5 heteroatoms. The molecule has 1 aromatic carbocycles. The second kappa shape index (κ2) is 4.52. The first-order valence-corrected chi connectivity index (χ1v) is 5.65. The molecule has 0 saturated heterocycles. The summed E-state index contributed by atoms with van der Waals surface area (Å²) in [6.45, 7) is 3.79. The zero-order valence-corrected chi connectivity index (χ0v) is 10.7. The van der Waals surface area contributed by atoms with Crippen LogP contribution in [0.4, 0.5) is 11.4 Å². The van der Waals surface area contributed by atoms with E-state index in [2.05, 4.69) is 10.4 Å². The van der Waals surface area contributed by atoms with Gasteiger partial charge in [0.2, 0.25) is 0 Å². The third-order valence-electron chi connectivity index (χ3n) is 2.69. The number of nitrogens with one attached hydrogen (secondary N) is 1. The van der Waals surface area contributed by atoms with Crippen LogP contribution in [0.25, 0.3) is 0 Å². The number of aryl methyl sites for hydroxylation is 3. The lowest BCUT2D eigenvalue weighted by atomic mass is 10.2. The number of carbonyl (C=O) groups excluding carboxylic acids is 1. The van der Waals surface area contributed by atoms with Gasteiger partial charge in [0, 0.05) is 7.05 Å². The highest BCUT2D eigenvalue weighted by Crippen LogP contribution is 2.20. The molecule has 1 heterocycles. The van der Waals surface area contributed by atoms with Crippen LogP contribution in [0.2, 0.25) is 0 Å². The average Bonchev–Trinajstić information content (AvgIpc) is 2.63. The monoisotopic (exact) mass is 244 g/mol. The molecule has 0 radical (unpaired) electrons. The Balaban J connectivity index is 2.26. The summed E-state index contributed by atoms with van der Waals surface area (Å²) in [5, 5.41) is 6.94. The minimum atomic E-state index is -0.213. The quantitative estimate of drug-likeness (QED) is 0.792. The molecule has 0 bridgehead atoms. The topological polar surface area (TPSA) is 72.9 Å². The van der Waals surface area contributed by atoms with E-state index >= 15 is 0 Å². The van der Waals surface area contributed by atoms with E-state index in [9.17, 15) is 4.79 Å². The number of aromatic nitrogens is 2. The van der Waals surface area contributed by atoms with Gasteiger partial charge in [-0.15, -0.1) is 0 Å². The Bertz CT molecular complexity index is 601. The van der Waals surface area contributed by atoms with Crippen molar-refractivity contribution in [1.82, 2.24) is 9.78 Å². The van der Waals surface area contributed by atoms with Gasteiger partial charge >= 0.3 is 0 Å². The molecule has 1 aromatic heterocycles. The highest BCUT2D eigenvalue weighted by Gasteiger charge is 2.13. The number of hydrogen-bond acceptors (Lipinski definition) is 3. The highest BCUT2D eigenvalue weighted by molar-refractivity contribution is 6.04. The molecule has 0 atom stereocenters. The van der Waals surface area contributed by atoms with Gasteiger partial charge in [-0.25, -0.2) is 0 Å². The minimum Gasteiger partial charge on any atom is -0.397 e. The van der Waals surface area contributed by atoms with Crippen LogP contribution in [0.5, 0.6) is 0 Å². The smallest absolute Gasteiger partial charge is 0.273 e. The summed E-state index contributed by atoms with van der Waals surface area (Å²) in [5.41, 5.74) is 9.35. The number of rotatable bonds is 2. The molecule has 0 aliphatic carbocycles. The molecule has 2 rings (SSSR count). The van der Waals surface area contributed by atoms with Crippen LogP contribution < -0.4 is 11.1 Å². The Morgan fingerprint density at radius 1 is 1.33 bits per heavy atom. The van der Waals surface area contributed by atoms with Crippen LogP contribution in [-0.2, 0) is 7.05 Å². The van der Waals surface area contributed by atoms with E-state index in [4.69, 9.17) is 5.73 Å². The fraction of sp³-hybridized carbons (Fsp3) is 0.231. The lowest BCUT2D eigenvalue weighted by Gasteiger charge is -2.09. The maximum atomic E-state index is 12.1. The number of nitrogens with zero attached hydrogens (tertiary/aromatic N) is 2. The first kappa shape index (κ1) is 12.2. The number of amides is 1. The van der Waals surface area contributed by atoms with Gasteiger partial charge in [0.15, 0.2) is 0 Å². The predicted molar refractivity (Wildman–Crippen MR) is 71.5 cm³/mol. The largest absolute Gasteiger partial charge is 0.397 e. The normalized spacial score (nSPS) is 10.4. The molecule has 1 amide bonds. The maximum absolute atomic E-state index is 12.1. The summed E-state index contributed by atoms with van der Waals surface area (Å²) >= 11 is 0. The molecule has 0 spiro atoms. The van der Waals surface area contributed by atoms with Crippen molar-refractivity contribution in [3.05, 3.63) is 41.2 Å². The standard InChI is InChI=1S/C13H16N4O/c1-8-4-5-10(14)11(6-8)15-13(18)12-7-9(2)16-17(12)3/h4-7H,14H2,1-3H3,(H,15,18).